The maximum absolute atomic E-state index is 5.70. The average molecular weight is 550 g/mol. The molecule has 27 heavy (non-hydrogen) atoms. The van der Waals surface area contributed by atoms with Crippen LogP contribution in [0.5, 0.6) is 0 Å². The number of hydrogen-bond acceptors (Lipinski definition) is 3. The molecule has 1 N–H and O–H groups in total. The molecule has 1 atom stereocenters. The molecule has 2 aromatic rings. The van der Waals surface area contributed by atoms with Crippen LogP contribution in [0.2, 0.25) is 0 Å². The third-order valence-electron chi connectivity index (χ3n) is 4.95. The predicted molar refractivity (Wildman–Crippen MR) is 124 cm³/mol. The van der Waals surface area contributed by atoms with Gasteiger partial charge in [-0.2, -0.15) is 0 Å². The zero-order valence-electron chi connectivity index (χ0n) is 16.2. The number of hydrogen-bond donors (Lipinski definition) is 1. The second-order valence-corrected chi connectivity index (χ2v) is 7.73. The molecule has 1 fully saturated rings. The quantitative estimate of drug-likeness (QED) is 0.338. The zero-order valence-corrected chi connectivity index (χ0v) is 20.1. The first-order valence-electron chi connectivity index (χ1n) is 9.08. The molecule has 3 rings (SSSR count). The summed E-state index contributed by atoms with van der Waals surface area (Å²) < 4.78 is 8.93. The number of aromatic nitrogens is 1. The van der Waals surface area contributed by atoms with Crippen molar-refractivity contribution in [3.63, 3.8) is 0 Å². The van der Waals surface area contributed by atoms with Crippen molar-refractivity contribution < 1.29 is 4.42 Å². The van der Waals surface area contributed by atoms with E-state index in [1.54, 1.807) is 6.26 Å². The van der Waals surface area contributed by atoms with E-state index in [1.807, 2.05) is 13.1 Å². The van der Waals surface area contributed by atoms with Crippen LogP contribution in [0.25, 0.3) is 0 Å². The lowest BCUT2D eigenvalue weighted by Crippen LogP contribution is -2.43. The van der Waals surface area contributed by atoms with Crippen molar-refractivity contribution in [1.29, 1.82) is 0 Å². The standard InChI is InChI=1S/C19H28BrN5O.HI/c1-21-19(24(3)14-16-11-15(20)13-23(16)2)22-12-17(18-7-6-10-26-18)25-8-4-5-9-25;/h6-7,10-11,13,17H,4-5,8-9,12,14H2,1-3H3,(H,21,22);1H. The van der Waals surface area contributed by atoms with E-state index in [-0.39, 0.29) is 30.0 Å². The Labute approximate surface area is 187 Å². The van der Waals surface area contributed by atoms with Crippen LogP contribution in [0.3, 0.4) is 0 Å². The Balaban J connectivity index is 0.00000261. The number of furan rings is 1. The van der Waals surface area contributed by atoms with E-state index < -0.39 is 0 Å². The highest BCUT2D eigenvalue weighted by Crippen LogP contribution is 2.25. The molecule has 1 unspecified atom stereocenters. The molecular formula is C19H29BrIN5O. The van der Waals surface area contributed by atoms with E-state index in [0.717, 1.165) is 42.4 Å². The topological polar surface area (TPSA) is 48.9 Å². The van der Waals surface area contributed by atoms with E-state index >= 15 is 0 Å². The molecule has 0 bridgehead atoms. The molecule has 1 aliphatic heterocycles. The first-order valence-corrected chi connectivity index (χ1v) is 9.87. The van der Waals surface area contributed by atoms with E-state index in [1.165, 1.54) is 18.5 Å². The fraction of sp³-hybridized carbons (Fsp3) is 0.526. The largest absolute Gasteiger partial charge is 0.468 e. The van der Waals surface area contributed by atoms with E-state index in [9.17, 15) is 0 Å². The smallest absolute Gasteiger partial charge is 0.193 e. The summed E-state index contributed by atoms with van der Waals surface area (Å²) in [5.41, 5.74) is 1.23. The monoisotopic (exact) mass is 549 g/mol. The highest BCUT2D eigenvalue weighted by Gasteiger charge is 2.26. The van der Waals surface area contributed by atoms with Gasteiger partial charge in [-0.15, -0.1) is 24.0 Å². The lowest BCUT2D eigenvalue weighted by Gasteiger charge is -2.29. The lowest BCUT2D eigenvalue weighted by molar-refractivity contribution is 0.214. The number of aliphatic imine (C=N–C) groups is 1. The Bertz CT molecular complexity index is 725. The van der Waals surface area contributed by atoms with Gasteiger partial charge in [0, 0.05) is 44.1 Å². The fourth-order valence-corrected chi connectivity index (χ4v) is 4.13. The highest BCUT2D eigenvalue weighted by molar-refractivity contribution is 14.0. The number of likely N-dealkylation sites (tertiary alicyclic amines) is 1. The summed E-state index contributed by atoms with van der Waals surface area (Å²) in [4.78, 5) is 9.10. The number of guanidine groups is 1. The Morgan fingerprint density at radius 3 is 2.70 bits per heavy atom. The van der Waals surface area contributed by atoms with Crippen molar-refractivity contribution in [2.45, 2.75) is 25.4 Å². The van der Waals surface area contributed by atoms with Crippen LogP contribution in [0.1, 0.15) is 30.3 Å². The molecule has 0 spiro atoms. The number of nitrogens with one attached hydrogen (secondary N) is 1. The van der Waals surface area contributed by atoms with Crippen LogP contribution in [-0.2, 0) is 13.6 Å². The van der Waals surface area contributed by atoms with Crippen molar-refractivity contribution in [2.24, 2.45) is 12.0 Å². The SMILES string of the molecule is CN=C(NCC(c1ccco1)N1CCCC1)N(C)Cc1cc(Br)cn1C.I. The van der Waals surface area contributed by atoms with Gasteiger partial charge in [-0.25, -0.2) is 0 Å². The molecule has 0 saturated carbocycles. The molecule has 0 radical (unpaired) electrons. The third kappa shape index (κ3) is 5.74. The Morgan fingerprint density at radius 1 is 1.41 bits per heavy atom. The summed E-state index contributed by atoms with van der Waals surface area (Å²) in [5, 5.41) is 3.53. The van der Waals surface area contributed by atoms with Crippen LogP contribution in [-0.4, -0.2) is 54.1 Å². The van der Waals surface area contributed by atoms with E-state index in [4.69, 9.17) is 4.42 Å². The molecule has 150 valence electrons. The number of rotatable bonds is 6. The van der Waals surface area contributed by atoms with Gasteiger partial charge in [-0.05, 0) is 60.1 Å². The van der Waals surface area contributed by atoms with Gasteiger partial charge in [0.2, 0.25) is 0 Å². The molecule has 0 aromatic carbocycles. The maximum atomic E-state index is 5.70. The van der Waals surface area contributed by atoms with Crippen LogP contribution in [0, 0.1) is 0 Å². The summed E-state index contributed by atoms with van der Waals surface area (Å²) in [7, 11) is 5.95. The lowest BCUT2D eigenvalue weighted by atomic mass is 10.2. The number of halogens is 2. The van der Waals surface area contributed by atoms with Crippen molar-refractivity contribution >= 4 is 45.9 Å². The summed E-state index contributed by atoms with van der Waals surface area (Å²) in [6.07, 6.45) is 6.34. The minimum Gasteiger partial charge on any atom is -0.468 e. The van der Waals surface area contributed by atoms with Crippen molar-refractivity contribution in [1.82, 2.24) is 19.7 Å². The van der Waals surface area contributed by atoms with Gasteiger partial charge in [-0.1, -0.05) is 0 Å². The first kappa shape index (κ1) is 22.3. The molecule has 1 saturated heterocycles. The van der Waals surface area contributed by atoms with Crippen molar-refractivity contribution in [3.8, 4) is 0 Å². The van der Waals surface area contributed by atoms with Crippen molar-refractivity contribution in [2.75, 3.05) is 33.7 Å². The molecule has 2 aromatic heterocycles. The summed E-state index contributed by atoms with van der Waals surface area (Å²) >= 11 is 3.54. The summed E-state index contributed by atoms with van der Waals surface area (Å²) in [6, 6.07) is 6.41. The Kier molecular flexibility index (Phi) is 8.68. The minimum absolute atomic E-state index is 0. The molecule has 0 aliphatic carbocycles. The molecule has 3 heterocycles. The van der Waals surface area contributed by atoms with E-state index in [2.05, 4.69) is 73.0 Å². The molecule has 1 aliphatic rings. The average Bonchev–Trinajstić information content (AvgIpc) is 3.35. The second-order valence-electron chi connectivity index (χ2n) is 6.82. The van der Waals surface area contributed by atoms with Crippen LogP contribution in [0.15, 0.2) is 44.5 Å². The van der Waals surface area contributed by atoms with Gasteiger partial charge in [0.1, 0.15) is 5.76 Å². The Hall–Kier alpha value is -1.000. The normalized spacial score (nSPS) is 16.2. The van der Waals surface area contributed by atoms with Crippen LogP contribution >= 0.6 is 39.9 Å². The molecule has 8 heteroatoms. The summed E-state index contributed by atoms with van der Waals surface area (Å²) in [5.74, 6) is 1.90. The Morgan fingerprint density at radius 2 is 2.15 bits per heavy atom. The number of nitrogens with zero attached hydrogens (tertiary/aromatic N) is 4. The van der Waals surface area contributed by atoms with Gasteiger partial charge < -0.3 is 19.2 Å². The van der Waals surface area contributed by atoms with E-state index in [0.29, 0.717) is 0 Å². The zero-order chi connectivity index (χ0) is 18.5. The molecular weight excluding hydrogens is 521 g/mol. The first-order chi connectivity index (χ1) is 12.6. The second kappa shape index (κ2) is 10.5. The van der Waals surface area contributed by atoms with Gasteiger partial charge >= 0.3 is 0 Å². The highest BCUT2D eigenvalue weighted by atomic mass is 127. The summed E-state index contributed by atoms with van der Waals surface area (Å²) in [6.45, 7) is 3.82. The van der Waals surface area contributed by atoms with Crippen molar-refractivity contribution in [3.05, 3.63) is 46.6 Å². The van der Waals surface area contributed by atoms with Crippen LogP contribution < -0.4 is 5.32 Å². The van der Waals surface area contributed by atoms with Gasteiger partial charge in [0.15, 0.2) is 5.96 Å². The van der Waals surface area contributed by atoms with Gasteiger partial charge in [-0.3, -0.25) is 9.89 Å². The fourth-order valence-electron chi connectivity index (χ4n) is 3.56. The third-order valence-corrected chi connectivity index (χ3v) is 5.39. The number of aryl methyl sites for hydroxylation is 1. The molecule has 6 nitrogen and oxygen atoms in total. The van der Waals surface area contributed by atoms with Gasteiger partial charge in [0.25, 0.3) is 0 Å². The maximum Gasteiger partial charge on any atom is 0.193 e. The minimum atomic E-state index is 0. The van der Waals surface area contributed by atoms with Gasteiger partial charge in [0.05, 0.1) is 18.8 Å². The van der Waals surface area contributed by atoms with Crippen LogP contribution in [0.4, 0.5) is 0 Å². The molecule has 0 amide bonds. The predicted octanol–water partition coefficient (Wildman–Crippen LogP) is 3.84.